The first-order valence-electron chi connectivity index (χ1n) is 8.59. The molecule has 148 valence electrons. The molecule has 2 amide bonds. The lowest BCUT2D eigenvalue weighted by molar-refractivity contribution is -0.136. The number of phenolic OH excluding ortho intramolecular Hbond substituents is 1. The van der Waals surface area contributed by atoms with Gasteiger partial charge in [0.1, 0.15) is 11.3 Å². The minimum Gasteiger partial charge on any atom is -0.507 e. The van der Waals surface area contributed by atoms with E-state index in [4.69, 9.17) is 16.3 Å². The molecule has 0 unspecified atom stereocenters. The van der Waals surface area contributed by atoms with Crippen LogP contribution >= 0.6 is 11.6 Å². The summed E-state index contributed by atoms with van der Waals surface area (Å²) in [6, 6.07) is 11.3. The summed E-state index contributed by atoms with van der Waals surface area (Å²) in [6.45, 7) is 1.23. The minimum atomic E-state index is -0.864. The van der Waals surface area contributed by atoms with Gasteiger partial charge in [-0.3, -0.25) is 9.59 Å². The Morgan fingerprint density at radius 3 is 2.57 bits per heavy atom. The Labute approximate surface area is 167 Å². The van der Waals surface area contributed by atoms with Crippen LogP contribution in [0.3, 0.4) is 0 Å². The van der Waals surface area contributed by atoms with Crippen LogP contribution in [0.2, 0.25) is 5.02 Å². The lowest BCUT2D eigenvalue weighted by atomic mass is 10.1. The number of likely N-dealkylation sites (N-methyl/N-ethyl adjacent to an activating group) is 1. The highest BCUT2D eigenvalue weighted by Gasteiger charge is 2.18. The molecule has 0 aliphatic heterocycles. The number of hydrogen-bond acceptors (Lipinski definition) is 5. The normalized spacial score (nSPS) is 10.2. The fourth-order valence-corrected chi connectivity index (χ4v) is 2.60. The molecule has 0 spiro atoms. The standard InChI is InChI=1S/C20H21ClN2O5/c1-3-13-6-4-5-7-16(13)22-18(25)11-23(2)19(26)12-28-20(27)15-9-8-14(21)10-17(15)24/h4-10,24H,3,11-12H2,1-2H3,(H,22,25). The highest BCUT2D eigenvalue weighted by atomic mass is 35.5. The summed E-state index contributed by atoms with van der Waals surface area (Å²) in [4.78, 5) is 37.4. The average molecular weight is 405 g/mol. The summed E-state index contributed by atoms with van der Waals surface area (Å²) in [5.74, 6) is -2.12. The van der Waals surface area contributed by atoms with E-state index >= 15 is 0 Å². The predicted octanol–water partition coefficient (Wildman–Crippen LogP) is 2.86. The van der Waals surface area contributed by atoms with Crippen molar-refractivity contribution in [1.29, 1.82) is 0 Å². The number of aryl methyl sites for hydroxylation is 1. The number of phenols is 1. The van der Waals surface area contributed by atoms with Crippen molar-refractivity contribution in [2.45, 2.75) is 13.3 Å². The summed E-state index contributed by atoms with van der Waals surface area (Å²) in [5.41, 5.74) is 1.58. The molecule has 0 aromatic heterocycles. The molecule has 0 bridgehead atoms. The molecule has 2 N–H and O–H groups in total. The van der Waals surface area contributed by atoms with Crippen LogP contribution in [0.4, 0.5) is 5.69 Å². The molecule has 0 radical (unpaired) electrons. The molecule has 8 heteroatoms. The second-order valence-electron chi connectivity index (χ2n) is 6.05. The Kier molecular flexibility index (Phi) is 7.40. The van der Waals surface area contributed by atoms with Crippen LogP contribution in [-0.2, 0) is 20.7 Å². The van der Waals surface area contributed by atoms with E-state index in [1.54, 1.807) is 6.07 Å². The smallest absolute Gasteiger partial charge is 0.342 e. The molecule has 7 nitrogen and oxygen atoms in total. The summed E-state index contributed by atoms with van der Waals surface area (Å²) in [5, 5.41) is 12.7. The molecule has 0 atom stereocenters. The van der Waals surface area contributed by atoms with Crippen molar-refractivity contribution in [3.05, 3.63) is 58.6 Å². The summed E-state index contributed by atoms with van der Waals surface area (Å²) in [7, 11) is 1.43. The summed E-state index contributed by atoms with van der Waals surface area (Å²) in [6.07, 6.45) is 0.763. The van der Waals surface area contributed by atoms with Gasteiger partial charge >= 0.3 is 5.97 Å². The zero-order valence-corrected chi connectivity index (χ0v) is 16.3. The first-order chi connectivity index (χ1) is 13.3. The van der Waals surface area contributed by atoms with Crippen LogP contribution in [0.15, 0.2) is 42.5 Å². The van der Waals surface area contributed by atoms with E-state index in [1.165, 1.54) is 25.2 Å². The third kappa shape index (κ3) is 5.72. The number of aromatic hydroxyl groups is 1. The number of para-hydroxylation sites is 1. The number of hydrogen-bond donors (Lipinski definition) is 2. The van der Waals surface area contributed by atoms with Crippen LogP contribution in [0.25, 0.3) is 0 Å². The number of halogens is 1. The van der Waals surface area contributed by atoms with Crippen molar-refractivity contribution >= 4 is 35.1 Å². The summed E-state index contributed by atoms with van der Waals surface area (Å²) >= 11 is 5.71. The molecule has 0 saturated carbocycles. The zero-order chi connectivity index (χ0) is 20.7. The van der Waals surface area contributed by atoms with Crippen molar-refractivity contribution in [1.82, 2.24) is 4.90 Å². The lowest BCUT2D eigenvalue weighted by Crippen LogP contribution is -2.37. The first-order valence-corrected chi connectivity index (χ1v) is 8.97. The SMILES string of the molecule is CCc1ccccc1NC(=O)CN(C)C(=O)COC(=O)c1ccc(Cl)cc1O. The van der Waals surface area contributed by atoms with E-state index in [2.05, 4.69) is 5.32 Å². The van der Waals surface area contributed by atoms with Gasteiger partial charge in [-0.1, -0.05) is 36.7 Å². The van der Waals surface area contributed by atoms with E-state index in [1.807, 2.05) is 25.1 Å². The van der Waals surface area contributed by atoms with Crippen LogP contribution in [0, 0.1) is 0 Å². The second-order valence-corrected chi connectivity index (χ2v) is 6.48. The minimum absolute atomic E-state index is 0.103. The van der Waals surface area contributed by atoms with Gasteiger partial charge in [-0.2, -0.15) is 0 Å². The van der Waals surface area contributed by atoms with E-state index in [0.29, 0.717) is 5.69 Å². The van der Waals surface area contributed by atoms with Crippen molar-refractivity contribution in [3.8, 4) is 5.75 Å². The van der Waals surface area contributed by atoms with Gasteiger partial charge in [0.2, 0.25) is 5.91 Å². The quantitative estimate of drug-likeness (QED) is 0.692. The van der Waals surface area contributed by atoms with Gasteiger partial charge in [0.15, 0.2) is 6.61 Å². The monoisotopic (exact) mass is 404 g/mol. The molecule has 0 aliphatic rings. The molecule has 2 aromatic carbocycles. The molecular formula is C20H21ClN2O5. The van der Waals surface area contributed by atoms with E-state index < -0.39 is 18.5 Å². The number of carbonyl (C=O) groups excluding carboxylic acids is 3. The molecule has 0 heterocycles. The number of nitrogens with one attached hydrogen (secondary N) is 1. The summed E-state index contributed by atoms with van der Waals surface area (Å²) < 4.78 is 4.90. The van der Waals surface area contributed by atoms with E-state index in [0.717, 1.165) is 16.9 Å². The Bertz CT molecular complexity index is 885. The lowest BCUT2D eigenvalue weighted by Gasteiger charge is -2.17. The second kappa shape index (κ2) is 9.75. The molecule has 0 fully saturated rings. The molecule has 0 saturated heterocycles. The van der Waals surface area contributed by atoms with Gasteiger partial charge in [0.25, 0.3) is 5.91 Å². The Morgan fingerprint density at radius 1 is 1.18 bits per heavy atom. The highest BCUT2D eigenvalue weighted by molar-refractivity contribution is 6.30. The Balaban J connectivity index is 1.86. The van der Waals surface area contributed by atoms with Crippen LogP contribution in [0.5, 0.6) is 5.75 Å². The fraction of sp³-hybridized carbons (Fsp3) is 0.250. The van der Waals surface area contributed by atoms with Gasteiger partial charge in [-0.15, -0.1) is 0 Å². The number of esters is 1. The molecule has 28 heavy (non-hydrogen) atoms. The van der Waals surface area contributed by atoms with Crippen LogP contribution in [-0.4, -0.2) is 48.0 Å². The maximum atomic E-state index is 12.2. The third-order valence-corrected chi connectivity index (χ3v) is 4.22. The van der Waals surface area contributed by atoms with Crippen molar-refractivity contribution in [3.63, 3.8) is 0 Å². The molecule has 2 aromatic rings. The van der Waals surface area contributed by atoms with Crippen molar-refractivity contribution in [2.75, 3.05) is 25.5 Å². The Morgan fingerprint density at radius 2 is 1.89 bits per heavy atom. The average Bonchev–Trinajstić information content (AvgIpc) is 2.66. The van der Waals surface area contributed by atoms with Crippen molar-refractivity contribution < 1.29 is 24.2 Å². The maximum Gasteiger partial charge on any atom is 0.342 e. The number of anilines is 1. The topological polar surface area (TPSA) is 95.9 Å². The molecular weight excluding hydrogens is 384 g/mol. The molecule has 0 aliphatic carbocycles. The van der Waals surface area contributed by atoms with Crippen molar-refractivity contribution in [2.24, 2.45) is 0 Å². The number of amides is 2. The van der Waals surface area contributed by atoms with Gasteiger partial charge in [-0.05, 0) is 36.2 Å². The maximum absolute atomic E-state index is 12.2. The predicted molar refractivity (Wildman–Crippen MR) is 105 cm³/mol. The van der Waals surface area contributed by atoms with Gasteiger partial charge in [0.05, 0.1) is 6.54 Å². The zero-order valence-electron chi connectivity index (χ0n) is 15.6. The first kappa shape index (κ1) is 21.2. The fourth-order valence-electron chi connectivity index (χ4n) is 2.44. The Hall–Kier alpha value is -3.06. The number of rotatable bonds is 7. The third-order valence-electron chi connectivity index (χ3n) is 3.99. The van der Waals surface area contributed by atoms with E-state index in [9.17, 15) is 19.5 Å². The van der Waals surface area contributed by atoms with Gasteiger partial charge < -0.3 is 20.1 Å². The number of ether oxygens (including phenoxy) is 1. The number of nitrogens with zero attached hydrogens (tertiary/aromatic N) is 1. The van der Waals surface area contributed by atoms with Gasteiger partial charge in [-0.25, -0.2) is 4.79 Å². The van der Waals surface area contributed by atoms with Crippen LogP contribution < -0.4 is 5.32 Å². The number of carbonyl (C=O) groups is 3. The molecule has 2 rings (SSSR count). The highest BCUT2D eigenvalue weighted by Crippen LogP contribution is 2.22. The number of benzene rings is 2. The van der Waals surface area contributed by atoms with Gasteiger partial charge in [0, 0.05) is 17.8 Å². The van der Waals surface area contributed by atoms with Crippen LogP contribution in [0.1, 0.15) is 22.8 Å². The largest absolute Gasteiger partial charge is 0.507 e. The van der Waals surface area contributed by atoms with E-state index in [-0.39, 0.29) is 28.8 Å².